The van der Waals surface area contributed by atoms with Crippen LogP contribution in [0.5, 0.6) is 5.75 Å². The number of hydrogen-bond acceptors (Lipinski definition) is 6. The SMILES string of the molecule is Cn1c(SCC(=O)Nc2ccc(O)cc2)nnc1-c1ccco1. The summed E-state index contributed by atoms with van der Waals surface area (Å²) in [5.41, 5.74) is 0.627. The standard InChI is InChI=1S/C15H14N4O3S/c1-19-14(12-3-2-8-22-12)17-18-15(19)23-9-13(21)16-10-4-6-11(20)7-5-10/h2-8,20H,9H2,1H3,(H,16,21). The van der Waals surface area contributed by atoms with E-state index in [2.05, 4.69) is 15.5 Å². The van der Waals surface area contributed by atoms with Crippen molar-refractivity contribution in [1.82, 2.24) is 14.8 Å². The van der Waals surface area contributed by atoms with Crippen LogP contribution in [0.15, 0.2) is 52.2 Å². The van der Waals surface area contributed by atoms with E-state index in [9.17, 15) is 9.90 Å². The molecule has 7 nitrogen and oxygen atoms in total. The molecule has 2 heterocycles. The van der Waals surface area contributed by atoms with Crippen LogP contribution in [0.4, 0.5) is 5.69 Å². The van der Waals surface area contributed by atoms with Crippen molar-refractivity contribution in [2.24, 2.45) is 7.05 Å². The average molecular weight is 330 g/mol. The summed E-state index contributed by atoms with van der Waals surface area (Å²) in [5.74, 6) is 1.42. The number of furan rings is 1. The summed E-state index contributed by atoms with van der Waals surface area (Å²) in [4.78, 5) is 11.9. The molecule has 0 radical (unpaired) electrons. The third-order valence-corrected chi connectivity index (χ3v) is 4.08. The molecule has 0 aliphatic rings. The van der Waals surface area contributed by atoms with Gasteiger partial charge in [0.2, 0.25) is 5.91 Å². The first-order chi connectivity index (χ1) is 11.1. The highest BCUT2D eigenvalue weighted by Gasteiger charge is 2.14. The highest BCUT2D eigenvalue weighted by Crippen LogP contribution is 2.23. The fourth-order valence-corrected chi connectivity index (χ4v) is 2.64. The Kier molecular flexibility index (Phi) is 4.33. The molecule has 0 fully saturated rings. The summed E-state index contributed by atoms with van der Waals surface area (Å²) in [6.07, 6.45) is 1.57. The van der Waals surface area contributed by atoms with Gasteiger partial charge in [-0.25, -0.2) is 0 Å². The molecule has 0 saturated heterocycles. The number of benzene rings is 1. The van der Waals surface area contributed by atoms with Gasteiger partial charge in [-0.15, -0.1) is 10.2 Å². The van der Waals surface area contributed by atoms with E-state index in [4.69, 9.17) is 4.42 Å². The molecule has 0 unspecified atom stereocenters. The Morgan fingerprint density at radius 2 is 2.09 bits per heavy atom. The summed E-state index contributed by atoms with van der Waals surface area (Å²) in [6.45, 7) is 0. The largest absolute Gasteiger partial charge is 0.508 e. The van der Waals surface area contributed by atoms with Crippen molar-refractivity contribution >= 4 is 23.4 Å². The molecule has 0 spiro atoms. The maximum absolute atomic E-state index is 11.9. The zero-order valence-electron chi connectivity index (χ0n) is 12.3. The van der Waals surface area contributed by atoms with Gasteiger partial charge in [0.15, 0.2) is 16.7 Å². The van der Waals surface area contributed by atoms with Gasteiger partial charge in [0.05, 0.1) is 12.0 Å². The van der Waals surface area contributed by atoms with Crippen molar-refractivity contribution in [3.63, 3.8) is 0 Å². The number of phenols is 1. The molecule has 8 heteroatoms. The Morgan fingerprint density at radius 1 is 1.30 bits per heavy atom. The number of thioether (sulfide) groups is 1. The van der Waals surface area contributed by atoms with Gasteiger partial charge in [0.25, 0.3) is 0 Å². The van der Waals surface area contributed by atoms with Crippen LogP contribution in [0, 0.1) is 0 Å². The van der Waals surface area contributed by atoms with E-state index in [-0.39, 0.29) is 17.4 Å². The van der Waals surface area contributed by atoms with Crippen LogP contribution in [0.3, 0.4) is 0 Å². The normalized spacial score (nSPS) is 10.7. The van der Waals surface area contributed by atoms with Crippen molar-refractivity contribution in [3.05, 3.63) is 42.7 Å². The minimum atomic E-state index is -0.164. The van der Waals surface area contributed by atoms with Crippen LogP contribution < -0.4 is 5.32 Å². The second kappa shape index (κ2) is 6.57. The number of aromatic hydroxyl groups is 1. The molecule has 0 aliphatic heterocycles. The molecule has 2 aromatic heterocycles. The number of carbonyl (C=O) groups is 1. The highest BCUT2D eigenvalue weighted by molar-refractivity contribution is 7.99. The minimum absolute atomic E-state index is 0.155. The lowest BCUT2D eigenvalue weighted by Gasteiger charge is -2.05. The topological polar surface area (TPSA) is 93.2 Å². The van der Waals surface area contributed by atoms with Crippen molar-refractivity contribution in [2.75, 3.05) is 11.1 Å². The number of aromatic nitrogens is 3. The van der Waals surface area contributed by atoms with Crippen molar-refractivity contribution in [3.8, 4) is 17.3 Å². The number of nitrogens with zero attached hydrogens (tertiary/aromatic N) is 3. The number of phenolic OH excluding ortho intramolecular Hbond substituents is 1. The minimum Gasteiger partial charge on any atom is -0.508 e. The lowest BCUT2D eigenvalue weighted by atomic mass is 10.3. The first kappa shape index (κ1) is 15.2. The molecule has 1 amide bonds. The molecular weight excluding hydrogens is 316 g/mol. The number of nitrogens with one attached hydrogen (secondary N) is 1. The molecule has 0 bridgehead atoms. The summed E-state index contributed by atoms with van der Waals surface area (Å²) in [5, 5.41) is 20.7. The van der Waals surface area contributed by atoms with Crippen LogP contribution in [0.25, 0.3) is 11.6 Å². The van der Waals surface area contributed by atoms with E-state index in [1.165, 1.54) is 23.9 Å². The Hall–Kier alpha value is -2.74. The summed E-state index contributed by atoms with van der Waals surface area (Å²) < 4.78 is 7.07. The summed E-state index contributed by atoms with van der Waals surface area (Å²) in [7, 11) is 1.82. The second-order valence-corrected chi connectivity index (χ2v) is 5.67. The van der Waals surface area contributed by atoms with E-state index < -0.39 is 0 Å². The van der Waals surface area contributed by atoms with E-state index in [0.29, 0.717) is 22.4 Å². The molecule has 3 rings (SSSR count). The lowest BCUT2D eigenvalue weighted by molar-refractivity contribution is -0.113. The molecule has 2 N–H and O–H groups in total. The fourth-order valence-electron chi connectivity index (χ4n) is 1.93. The Morgan fingerprint density at radius 3 is 2.78 bits per heavy atom. The summed E-state index contributed by atoms with van der Waals surface area (Å²) >= 11 is 1.28. The molecule has 0 atom stereocenters. The quantitative estimate of drug-likeness (QED) is 0.551. The van der Waals surface area contributed by atoms with Crippen molar-refractivity contribution in [1.29, 1.82) is 0 Å². The van der Waals surface area contributed by atoms with E-state index >= 15 is 0 Å². The molecule has 1 aromatic carbocycles. The molecular formula is C15H14N4O3S. The average Bonchev–Trinajstić information content (AvgIpc) is 3.17. The molecule has 23 heavy (non-hydrogen) atoms. The number of hydrogen-bond donors (Lipinski definition) is 2. The van der Waals surface area contributed by atoms with Gasteiger partial charge < -0.3 is 19.4 Å². The number of amides is 1. The Bertz CT molecular complexity index is 797. The van der Waals surface area contributed by atoms with Crippen LogP contribution in [-0.2, 0) is 11.8 Å². The highest BCUT2D eigenvalue weighted by atomic mass is 32.2. The van der Waals surface area contributed by atoms with Gasteiger partial charge in [-0.2, -0.15) is 0 Å². The van der Waals surface area contributed by atoms with Crippen LogP contribution in [0.2, 0.25) is 0 Å². The maximum Gasteiger partial charge on any atom is 0.234 e. The number of anilines is 1. The number of carbonyl (C=O) groups excluding carboxylic acids is 1. The van der Waals surface area contributed by atoms with Gasteiger partial charge in [-0.1, -0.05) is 11.8 Å². The van der Waals surface area contributed by atoms with Gasteiger partial charge in [0, 0.05) is 12.7 Å². The zero-order chi connectivity index (χ0) is 16.2. The van der Waals surface area contributed by atoms with Crippen molar-refractivity contribution < 1.29 is 14.3 Å². The molecule has 0 saturated carbocycles. The van der Waals surface area contributed by atoms with Gasteiger partial charge >= 0.3 is 0 Å². The van der Waals surface area contributed by atoms with Gasteiger partial charge in [-0.3, -0.25) is 4.79 Å². The predicted molar refractivity (Wildman–Crippen MR) is 86.2 cm³/mol. The monoisotopic (exact) mass is 330 g/mol. The Balaban J connectivity index is 1.60. The fraction of sp³-hybridized carbons (Fsp3) is 0.133. The molecule has 0 aliphatic carbocycles. The van der Waals surface area contributed by atoms with E-state index in [0.717, 1.165) is 0 Å². The molecule has 118 valence electrons. The smallest absolute Gasteiger partial charge is 0.234 e. The van der Waals surface area contributed by atoms with Crippen LogP contribution in [0.1, 0.15) is 0 Å². The number of rotatable bonds is 5. The van der Waals surface area contributed by atoms with Gasteiger partial charge in [0.1, 0.15) is 5.75 Å². The lowest BCUT2D eigenvalue weighted by Crippen LogP contribution is -2.14. The predicted octanol–water partition coefficient (Wildman–Crippen LogP) is 2.51. The van der Waals surface area contributed by atoms with E-state index in [1.807, 2.05) is 7.05 Å². The zero-order valence-corrected chi connectivity index (χ0v) is 13.1. The third kappa shape index (κ3) is 3.54. The van der Waals surface area contributed by atoms with Gasteiger partial charge in [-0.05, 0) is 36.4 Å². The third-order valence-electron chi connectivity index (χ3n) is 3.06. The first-order valence-corrected chi connectivity index (χ1v) is 7.77. The van der Waals surface area contributed by atoms with Crippen LogP contribution >= 0.6 is 11.8 Å². The molecule has 3 aromatic rings. The van der Waals surface area contributed by atoms with Crippen LogP contribution in [-0.4, -0.2) is 31.5 Å². The first-order valence-electron chi connectivity index (χ1n) is 6.78. The summed E-state index contributed by atoms with van der Waals surface area (Å²) in [6, 6.07) is 9.88. The maximum atomic E-state index is 11.9. The van der Waals surface area contributed by atoms with E-state index in [1.54, 1.807) is 35.1 Å². The second-order valence-electron chi connectivity index (χ2n) is 4.73. The Labute approximate surface area is 136 Å². The van der Waals surface area contributed by atoms with Crippen molar-refractivity contribution in [2.45, 2.75) is 5.16 Å².